The van der Waals surface area contributed by atoms with E-state index in [0.717, 1.165) is 19.4 Å². The molecule has 0 aliphatic heterocycles. The van der Waals surface area contributed by atoms with Crippen molar-refractivity contribution >= 4 is 0 Å². The van der Waals surface area contributed by atoms with Crippen molar-refractivity contribution in [2.24, 2.45) is 0 Å². The van der Waals surface area contributed by atoms with E-state index in [-0.39, 0.29) is 0 Å². The van der Waals surface area contributed by atoms with Crippen molar-refractivity contribution in [1.82, 2.24) is 5.32 Å². The second-order valence-electron chi connectivity index (χ2n) is 4.48. The normalized spacial score (nSPS) is 12.8. The van der Waals surface area contributed by atoms with E-state index in [1.54, 1.807) is 7.11 Å². The fourth-order valence-electron chi connectivity index (χ4n) is 2.07. The molecule has 1 N–H and O–H groups in total. The van der Waals surface area contributed by atoms with E-state index in [9.17, 15) is 0 Å². The molecule has 90 valence electrons. The molecule has 1 aromatic rings. The van der Waals surface area contributed by atoms with Gasteiger partial charge in [0, 0.05) is 13.2 Å². The van der Waals surface area contributed by atoms with Crippen LogP contribution in [-0.2, 0) is 11.2 Å². The number of hydrogen-bond acceptors (Lipinski definition) is 2. The van der Waals surface area contributed by atoms with Gasteiger partial charge in [0.1, 0.15) is 0 Å². The van der Waals surface area contributed by atoms with E-state index in [1.165, 1.54) is 16.7 Å². The third-order valence-electron chi connectivity index (χ3n) is 2.84. The van der Waals surface area contributed by atoms with Crippen molar-refractivity contribution in [2.45, 2.75) is 32.7 Å². The van der Waals surface area contributed by atoms with E-state index in [4.69, 9.17) is 4.74 Å². The maximum atomic E-state index is 5.17. The molecular weight excluding hydrogens is 198 g/mol. The van der Waals surface area contributed by atoms with Crippen molar-refractivity contribution < 1.29 is 4.74 Å². The molecule has 0 saturated heterocycles. The highest BCUT2D eigenvalue weighted by atomic mass is 16.5. The Bertz CT molecular complexity index is 302. The van der Waals surface area contributed by atoms with Crippen LogP contribution in [-0.4, -0.2) is 26.8 Å². The molecule has 2 heteroatoms. The average Bonchev–Trinajstić information content (AvgIpc) is 2.23. The van der Waals surface area contributed by atoms with Gasteiger partial charge in [0.2, 0.25) is 0 Å². The quantitative estimate of drug-likeness (QED) is 0.797. The lowest BCUT2D eigenvalue weighted by Crippen LogP contribution is -2.30. The molecule has 1 atom stereocenters. The molecule has 0 amide bonds. The number of benzene rings is 1. The summed E-state index contributed by atoms with van der Waals surface area (Å²) >= 11 is 0. The number of ether oxygens (including phenoxy) is 1. The molecule has 16 heavy (non-hydrogen) atoms. The number of aryl methyl sites for hydroxylation is 3. The second kappa shape index (κ2) is 6.66. The summed E-state index contributed by atoms with van der Waals surface area (Å²) in [7, 11) is 3.74. The zero-order chi connectivity index (χ0) is 12.0. The fourth-order valence-corrected chi connectivity index (χ4v) is 2.07. The highest BCUT2D eigenvalue weighted by molar-refractivity contribution is 5.28. The number of rotatable bonds is 6. The first kappa shape index (κ1) is 13.2. The van der Waals surface area contributed by atoms with Crippen LogP contribution < -0.4 is 5.32 Å². The van der Waals surface area contributed by atoms with Crippen LogP contribution in [0.4, 0.5) is 0 Å². The van der Waals surface area contributed by atoms with Gasteiger partial charge in [-0.25, -0.2) is 0 Å². The molecule has 0 radical (unpaired) electrons. The molecule has 0 fully saturated rings. The minimum atomic E-state index is 0.450. The van der Waals surface area contributed by atoms with E-state index in [2.05, 4.69) is 37.4 Å². The van der Waals surface area contributed by atoms with Gasteiger partial charge in [0.05, 0.1) is 6.61 Å². The first-order valence-electron chi connectivity index (χ1n) is 5.89. The Hall–Kier alpha value is -0.860. The van der Waals surface area contributed by atoms with Gasteiger partial charge in [-0.2, -0.15) is 0 Å². The summed E-state index contributed by atoms with van der Waals surface area (Å²) in [6, 6.07) is 7.21. The SMILES string of the molecule is CNC(CCc1cc(C)cc(C)c1)COC. The van der Waals surface area contributed by atoms with Crippen LogP contribution in [0.5, 0.6) is 0 Å². The maximum Gasteiger partial charge on any atom is 0.0615 e. The van der Waals surface area contributed by atoms with Crippen LogP contribution in [0.1, 0.15) is 23.1 Å². The number of hydrogen-bond donors (Lipinski definition) is 1. The summed E-state index contributed by atoms with van der Waals surface area (Å²) in [5, 5.41) is 3.28. The first-order chi connectivity index (χ1) is 7.65. The van der Waals surface area contributed by atoms with Gasteiger partial charge in [-0.1, -0.05) is 29.3 Å². The van der Waals surface area contributed by atoms with Crippen LogP contribution in [0.15, 0.2) is 18.2 Å². The third kappa shape index (κ3) is 4.33. The molecule has 0 saturated carbocycles. The molecule has 1 rings (SSSR count). The fraction of sp³-hybridized carbons (Fsp3) is 0.571. The van der Waals surface area contributed by atoms with E-state index < -0.39 is 0 Å². The van der Waals surface area contributed by atoms with E-state index in [0.29, 0.717) is 6.04 Å². The van der Waals surface area contributed by atoms with Crippen LogP contribution in [0.3, 0.4) is 0 Å². The summed E-state index contributed by atoms with van der Waals surface area (Å²) in [6.07, 6.45) is 2.23. The molecule has 0 heterocycles. The van der Waals surface area contributed by atoms with Crippen molar-refractivity contribution in [1.29, 1.82) is 0 Å². The molecule has 1 aromatic carbocycles. The molecular formula is C14H23NO. The monoisotopic (exact) mass is 221 g/mol. The van der Waals surface area contributed by atoms with E-state index >= 15 is 0 Å². The van der Waals surface area contributed by atoms with Crippen LogP contribution >= 0.6 is 0 Å². The third-order valence-corrected chi connectivity index (χ3v) is 2.84. The predicted molar refractivity (Wildman–Crippen MR) is 69.0 cm³/mol. The van der Waals surface area contributed by atoms with Gasteiger partial charge in [0.25, 0.3) is 0 Å². The first-order valence-corrected chi connectivity index (χ1v) is 5.89. The largest absolute Gasteiger partial charge is 0.383 e. The Morgan fingerprint density at radius 1 is 1.19 bits per heavy atom. The van der Waals surface area contributed by atoms with Gasteiger partial charge in [-0.3, -0.25) is 0 Å². The molecule has 0 spiro atoms. The zero-order valence-corrected chi connectivity index (χ0v) is 10.8. The number of nitrogens with one attached hydrogen (secondary N) is 1. The Morgan fingerprint density at radius 3 is 2.31 bits per heavy atom. The Kier molecular flexibility index (Phi) is 5.50. The molecule has 0 aromatic heterocycles. The van der Waals surface area contributed by atoms with E-state index in [1.807, 2.05) is 7.05 Å². The number of likely N-dealkylation sites (N-methyl/N-ethyl adjacent to an activating group) is 1. The lowest BCUT2D eigenvalue weighted by atomic mass is 10.0. The van der Waals surface area contributed by atoms with Crippen molar-refractivity contribution in [3.8, 4) is 0 Å². The van der Waals surface area contributed by atoms with Gasteiger partial charge >= 0.3 is 0 Å². The molecule has 0 aliphatic carbocycles. The van der Waals surface area contributed by atoms with Crippen LogP contribution in [0, 0.1) is 13.8 Å². The summed E-state index contributed by atoms with van der Waals surface area (Å²) in [5.41, 5.74) is 4.12. The van der Waals surface area contributed by atoms with Gasteiger partial charge in [-0.15, -0.1) is 0 Å². The standard InChI is InChI=1S/C14H23NO/c1-11-7-12(2)9-13(8-11)5-6-14(15-3)10-16-4/h7-9,14-15H,5-6,10H2,1-4H3. The molecule has 0 bridgehead atoms. The van der Waals surface area contributed by atoms with Gasteiger partial charge < -0.3 is 10.1 Å². The van der Waals surface area contributed by atoms with Gasteiger partial charge in [0.15, 0.2) is 0 Å². The number of methoxy groups -OCH3 is 1. The van der Waals surface area contributed by atoms with Crippen molar-refractivity contribution in [2.75, 3.05) is 20.8 Å². The Balaban J connectivity index is 2.52. The lowest BCUT2D eigenvalue weighted by molar-refractivity contribution is 0.166. The lowest BCUT2D eigenvalue weighted by Gasteiger charge is -2.15. The van der Waals surface area contributed by atoms with Gasteiger partial charge in [-0.05, 0) is 39.3 Å². The Labute approximate surface area is 99.0 Å². The maximum absolute atomic E-state index is 5.17. The topological polar surface area (TPSA) is 21.3 Å². The van der Waals surface area contributed by atoms with Crippen LogP contribution in [0.2, 0.25) is 0 Å². The summed E-state index contributed by atoms with van der Waals surface area (Å²) < 4.78 is 5.17. The molecule has 1 unspecified atom stereocenters. The average molecular weight is 221 g/mol. The Morgan fingerprint density at radius 2 is 1.81 bits per heavy atom. The molecule has 2 nitrogen and oxygen atoms in total. The summed E-state index contributed by atoms with van der Waals surface area (Å²) in [6.45, 7) is 5.09. The summed E-state index contributed by atoms with van der Waals surface area (Å²) in [5.74, 6) is 0. The second-order valence-corrected chi connectivity index (χ2v) is 4.48. The summed E-state index contributed by atoms with van der Waals surface area (Å²) in [4.78, 5) is 0. The zero-order valence-electron chi connectivity index (χ0n) is 10.8. The predicted octanol–water partition coefficient (Wildman–Crippen LogP) is 2.47. The minimum absolute atomic E-state index is 0.450. The van der Waals surface area contributed by atoms with Crippen molar-refractivity contribution in [3.05, 3.63) is 34.9 Å². The van der Waals surface area contributed by atoms with Crippen molar-refractivity contribution in [3.63, 3.8) is 0 Å². The minimum Gasteiger partial charge on any atom is -0.383 e. The highest BCUT2D eigenvalue weighted by Crippen LogP contribution is 2.11. The molecule has 0 aliphatic rings. The highest BCUT2D eigenvalue weighted by Gasteiger charge is 2.05. The smallest absolute Gasteiger partial charge is 0.0615 e. The van der Waals surface area contributed by atoms with Crippen LogP contribution in [0.25, 0.3) is 0 Å².